The number of imide groups is 2. The van der Waals surface area contributed by atoms with Gasteiger partial charge in [-0.25, -0.2) is 0 Å². The number of hydrogen-bond donors (Lipinski definition) is 1. The number of benzene rings is 2. The minimum Gasteiger partial charge on any atom is -0.330 e. The maximum absolute atomic E-state index is 11.7. The summed E-state index contributed by atoms with van der Waals surface area (Å²) in [4.78, 5) is 49.3. The summed E-state index contributed by atoms with van der Waals surface area (Å²) in [6.07, 6.45) is 1.89. The van der Waals surface area contributed by atoms with Crippen LogP contribution in [0.15, 0.2) is 48.5 Å². The van der Waals surface area contributed by atoms with Crippen molar-refractivity contribution in [3.05, 3.63) is 70.8 Å². The smallest absolute Gasteiger partial charge is 0.261 e. The molecule has 0 spiro atoms. The third kappa shape index (κ3) is 5.49. The van der Waals surface area contributed by atoms with Gasteiger partial charge in [0.2, 0.25) is 0 Å². The fourth-order valence-corrected chi connectivity index (χ4v) is 3.55. The summed E-state index contributed by atoms with van der Waals surface area (Å²) in [7, 11) is 0. The van der Waals surface area contributed by atoms with Gasteiger partial charge < -0.3 is 5.73 Å². The molecule has 0 aromatic heterocycles. The van der Waals surface area contributed by atoms with Crippen molar-refractivity contribution in [2.75, 3.05) is 25.0 Å². The average molecular weight is 502 g/mol. The van der Waals surface area contributed by atoms with Crippen molar-refractivity contribution in [2.45, 2.75) is 26.7 Å². The van der Waals surface area contributed by atoms with E-state index in [9.17, 15) is 19.2 Å². The minimum absolute atomic E-state index is 0.160. The van der Waals surface area contributed by atoms with Crippen molar-refractivity contribution in [1.29, 1.82) is 0 Å². The zero-order chi connectivity index (χ0) is 23.7. The van der Waals surface area contributed by atoms with Gasteiger partial charge in [-0.3, -0.25) is 29.0 Å². The number of halogens is 1. The fraction of sp³-hybridized carbons (Fsp3) is 0.333. The average Bonchev–Trinajstić information content (AvgIpc) is 3.21. The van der Waals surface area contributed by atoms with Gasteiger partial charge in [0, 0.05) is 18.4 Å². The molecule has 0 saturated heterocycles. The van der Waals surface area contributed by atoms with E-state index in [1.807, 2.05) is 6.92 Å². The molecule has 0 bridgehead atoms. The second kappa shape index (κ2) is 12.3. The lowest BCUT2D eigenvalue weighted by Crippen LogP contribution is -2.31. The van der Waals surface area contributed by atoms with Gasteiger partial charge in [0.05, 0.1) is 22.3 Å². The van der Waals surface area contributed by atoms with Gasteiger partial charge in [0.25, 0.3) is 23.6 Å². The second-order valence-corrected chi connectivity index (χ2v) is 7.89. The SMILES string of the molecule is CCCN.CCCN1C(=O)c2ccccc2C1=O.O=C1c2ccccc2C(=O)N1CCBr. The van der Waals surface area contributed by atoms with Crippen LogP contribution in [0, 0.1) is 0 Å². The molecule has 4 amide bonds. The molecular weight excluding hydrogens is 474 g/mol. The molecule has 4 rings (SSSR count). The molecular formula is C24H28BrN3O4. The zero-order valence-corrected chi connectivity index (χ0v) is 19.9. The van der Waals surface area contributed by atoms with Crippen LogP contribution in [0.25, 0.3) is 0 Å². The Morgan fingerprint density at radius 1 is 0.656 bits per heavy atom. The summed E-state index contributed by atoms with van der Waals surface area (Å²) in [6, 6.07) is 13.9. The molecule has 0 aliphatic carbocycles. The predicted octanol–water partition coefficient (Wildman–Crippen LogP) is 3.73. The van der Waals surface area contributed by atoms with Crippen LogP contribution >= 0.6 is 15.9 Å². The second-order valence-electron chi connectivity index (χ2n) is 7.09. The topological polar surface area (TPSA) is 101 Å². The van der Waals surface area contributed by atoms with Gasteiger partial charge >= 0.3 is 0 Å². The number of alkyl halides is 1. The number of fused-ring (bicyclic) bond motifs is 2. The standard InChI is InChI=1S/C11H11NO2.C10H8BrNO2.C3H9N/c1-2-7-12-10(13)8-5-3-4-6-9(8)11(12)14;11-5-6-12-9(13)7-3-1-2-4-8(7)10(12)14;1-2-3-4/h3-6H,2,7H2,1H3;1-4H,5-6H2;2-4H2,1H3. The quantitative estimate of drug-likeness (QED) is 0.496. The summed E-state index contributed by atoms with van der Waals surface area (Å²) in [5.41, 5.74) is 7.12. The van der Waals surface area contributed by atoms with E-state index in [2.05, 4.69) is 22.9 Å². The normalized spacial score (nSPS) is 13.9. The summed E-state index contributed by atoms with van der Waals surface area (Å²) in [6.45, 7) is 5.75. The monoisotopic (exact) mass is 501 g/mol. The fourth-order valence-electron chi connectivity index (χ4n) is 3.19. The van der Waals surface area contributed by atoms with E-state index in [-0.39, 0.29) is 23.6 Å². The minimum atomic E-state index is -0.190. The molecule has 0 atom stereocenters. The molecule has 8 heteroatoms. The van der Waals surface area contributed by atoms with E-state index in [1.165, 1.54) is 9.80 Å². The van der Waals surface area contributed by atoms with Gasteiger partial charge in [0.1, 0.15) is 0 Å². The van der Waals surface area contributed by atoms with Gasteiger partial charge in [-0.05, 0) is 43.7 Å². The van der Waals surface area contributed by atoms with E-state index >= 15 is 0 Å². The van der Waals surface area contributed by atoms with Crippen molar-refractivity contribution < 1.29 is 19.2 Å². The number of carbonyl (C=O) groups is 4. The first-order valence-electron chi connectivity index (χ1n) is 10.6. The molecule has 2 heterocycles. The Kier molecular flexibility index (Phi) is 9.74. The number of nitrogens with zero attached hydrogens (tertiary/aromatic N) is 2. The molecule has 2 aliphatic rings. The van der Waals surface area contributed by atoms with Gasteiger partial charge in [-0.1, -0.05) is 54.0 Å². The Morgan fingerprint density at radius 2 is 0.969 bits per heavy atom. The van der Waals surface area contributed by atoms with Crippen LogP contribution < -0.4 is 5.73 Å². The van der Waals surface area contributed by atoms with Crippen molar-refractivity contribution >= 4 is 39.6 Å². The third-order valence-electron chi connectivity index (χ3n) is 4.80. The molecule has 32 heavy (non-hydrogen) atoms. The van der Waals surface area contributed by atoms with Crippen LogP contribution in [0.1, 0.15) is 68.1 Å². The highest BCUT2D eigenvalue weighted by Crippen LogP contribution is 2.23. The molecule has 2 aliphatic heterocycles. The highest BCUT2D eigenvalue weighted by molar-refractivity contribution is 9.09. The van der Waals surface area contributed by atoms with Crippen molar-refractivity contribution in [3.8, 4) is 0 Å². The summed E-state index contributed by atoms with van der Waals surface area (Å²) >= 11 is 3.21. The molecule has 2 N–H and O–H groups in total. The zero-order valence-electron chi connectivity index (χ0n) is 18.3. The predicted molar refractivity (Wildman–Crippen MR) is 127 cm³/mol. The van der Waals surface area contributed by atoms with Crippen LogP contribution in [-0.4, -0.2) is 58.4 Å². The number of hydrogen-bond acceptors (Lipinski definition) is 5. The number of nitrogens with two attached hydrogens (primary N) is 1. The Balaban J connectivity index is 0.000000195. The van der Waals surface area contributed by atoms with E-state index < -0.39 is 0 Å². The molecule has 0 radical (unpaired) electrons. The van der Waals surface area contributed by atoms with Crippen LogP contribution in [-0.2, 0) is 0 Å². The Morgan fingerprint density at radius 3 is 1.22 bits per heavy atom. The van der Waals surface area contributed by atoms with Crippen LogP contribution in [0.4, 0.5) is 0 Å². The lowest BCUT2D eigenvalue weighted by atomic mass is 10.1. The molecule has 2 aromatic rings. The van der Waals surface area contributed by atoms with E-state index in [0.717, 1.165) is 19.4 Å². The first-order chi connectivity index (χ1) is 15.4. The molecule has 0 unspecified atom stereocenters. The van der Waals surface area contributed by atoms with E-state index in [4.69, 9.17) is 5.73 Å². The molecule has 7 nitrogen and oxygen atoms in total. The number of carbonyl (C=O) groups excluding carboxylic acids is 4. The largest absolute Gasteiger partial charge is 0.330 e. The lowest BCUT2D eigenvalue weighted by molar-refractivity contribution is 0.0643. The Hall–Kier alpha value is -2.84. The maximum Gasteiger partial charge on any atom is 0.261 e. The van der Waals surface area contributed by atoms with Crippen LogP contribution in [0.2, 0.25) is 0 Å². The maximum atomic E-state index is 11.7. The number of rotatable bonds is 5. The van der Waals surface area contributed by atoms with Crippen LogP contribution in [0.5, 0.6) is 0 Å². The summed E-state index contributed by atoms with van der Waals surface area (Å²) in [5, 5.41) is 0.610. The Labute approximate surface area is 196 Å². The first kappa shape index (κ1) is 25.4. The number of amides is 4. The lowest BCUT2D eigenvalue weighted by Gasteiger charge is -2.11. The van der Waals surface area contributed by atoms with Crippen molar-refractivity contribution in [1.82, 2.24) is 9.80 Å². The summed E-state index contributed by atoms with van der Waals surface area (Å²) < 4.78 is 0. The summed E-state index contributed by atoms with van der Waals surface area (Å²) in [5.74, 6) is -0.699. The van der Waals surface area contributed by atoms with Crippen molar-refractivity contribution in [3.63, 3.8) is 0 Å². The van der Waals surface area contributed by atoms with Crippen LogP contribution in [0.3, 0.4) is 0 Å². The third-order valence-corrected chi connectivity index (χ3v) is 5.16. The van der Waals surface area contributed by atoms with Gasteiger partial charge in [-0.2, -0.15) is 0 Å². The first-order valence-corrected chi connectivity index (χ1v) is 11.7. The molecule has 170 valence electrons. The van der Waals surface area contributed by atoms with E-state index in [1.54, 1.807) is 48.5 Å². The van der Waals surface area contributed by atoms with Gasteiger partial charge in [0.15, 0.2) is 0 Å². The highest BCUT2D eigenvalue weighted by atomic mass is 79.9. The Bertz CT molecular complexity index is 843. The molecule has 0 saturated carbocycles. The van der Waals surface area contributed by atoms with E-state index in [0.29, 0.717) is 40.7 Å². The van der Waals surface area contributed by atoms with Crippen molar-refractivity contribution in [2.24, 2.45) is 5.73 Å². The highest BCUT2D eigenvalue weighted by Gasteiger charge is 2.35. The molecule has 2 aromatic carbocycles. The molecule has 0 fully saturated rings. The van der Waals surface area contributed by atoms with Gasteiger partial charge in [-0.15, -0.1) is 0 Å².